The number of hydrogen-bond donors (Lipinski definition) is 3. The van der Waals surface area contributed by atoms with Crippen LogP contribution >= 0.6 is 35.0 Å². The molecule has 0 saturated heterocycles. The summed E-state index contributed by atoms with van der Waals surface area (Å²) in [5.74, 6) is -0.224. The molecular weight excluding hydrogens is 633 g/mol. The van der Waals surface area contributed by atoms with Crippen LogP contribution < -0.4 is 25.4 Å². The summed E-state index contributed by atoms with van der Waals surface area (Å²) < 4.78 is 10.8. The molecule has 0 aliphatic carbocycles. The Kier molecular flexibility index (Phi) is 11.9. The van der Waals surface area contributed by atoms with Crippen molar-refractivity contribution < 1.29 is 23.9 Å². The van der Waals surface area contributed by atoms with Gasteiger partial charge < -0.3 is 25.4 Å². The first-order valence-electron chi connectivity index (χ1n) is 13.9. The Hall–Kier alpha value is -4.44. The van der Waals surface area contributed by atoms with Crippen molar-refractivity contribution in [3.63, 3.8) is 0 Å². The SMILES string of the molecule is CCC(Sc1cccc(NC(=O)/C(=C\c2cc(OC)ccc2OC)NC(=O)c2ccccc2)c1)C(=O)Nc1cccc(Cl)c1Cl. The van der Waals surface area contributed by atoms with Crippen molar-refractivity contribution in [3.8, 4) is 11.5 Å². The third-order valence-electron chi connectivity index (χ3n) is 6.51. The Morgan fingerprint density at radius 2 is 1.62 bits per heavy atom. The molecule has 4 aromatic rings. The molecule has 8 nitrogen and oxygen atoms in total. The summed E-state index contributed by atoms with van der Waals surface area (Å²) in [4.78, 5) is 40.6. The zero-order chi connectivity index (χ0) is 32.3. The van der Waals surface area contributed by atoms with Crippen LogP contribution in [-0.4, -0.2) is 37.2 Å². The Morgan fingerprint density at radius 3 is 2.33 bits per heavy atom. The molecule has 0 bridgehead atoms. The summed E-state index contributed by atoms with van der Waals surface area (Å²) in [6.07, 6.45) is 2.06. The number of ether oxygens (including phenoxy) is 2. The van der Waals surface area contributed by atoms with Gasteiger partial charge in [-0.1, -0.05) is 60.5 Å². The van der Waals surface area contributed by atoms with Crippen molar-refractivity contribution in [1.82, 2.24) is 5.32 Å². The number of thioether (sulfide) groups is 1. The number of methoxy groups -OCH3 is 2. The fourth-order valence-electron chi connectivity index (χ4n) is 4.20. The second kappa shape index (κ2) is 16.0. The lowest BCUT2D eigenvalue weighted by Gasteiger charge is -2.17. The fraction of sp³-hybridized carbons (Fsp3) is 0.147. The molecular formula is C34H31Cl2N3O5S. The summed E-state index contributed by atoms with van der Waals surface area (Å²) in [6.45, 7) is 1.90. The molecule has 4 rings (SSSR count). The van der Waals surface area contributed by atoms with E-state index in [0.29, 0.717) is 45.4 Å². The van der Waals surface area contributed by atoms with Crippen molar-refractivity contribution in [2.45, 2.75) is 23.5 Å². The van der Waals surface area contributed by atoms with E-state index in [0.717, 1.165) is 4.90 Å². The van der Waals surface area contributed by atoms with Gasteiger partial charge in [0, 0.05) is 21.7 Å². The maximum Gasteiger partial charge on any atom is 0.272 e. The van der Waals surface area contributed by atoms with E-state index in [1.807, 2.05) is 13.0 Å². The van der Waals surface area contributed by atoms with Crippen molar-refractivity contribution in [1.29, 1.82) is 0 Å². The molecule has 0 heterocycles. The van der Waals surface area contributed by atoms with Gasteiger partial charge in [-0.25, -0.2) is 0 Å². The lowest BCUT2D eigenvalue weighted by Crippen LogP contribution is -2.30. The van der Waals surface area contributed by atoms with E-state index in [1.165, 1.54) is 32.1 Å². The Balaban J connectivity index is 1.56. The van der Waals surface area contributed by atoms with Gasteiger partial charge in [-0.05, 0) is 73.2 Å². The van der Waals surface area contributed by atoms with E-state index in [4.69, 9.17) is 32.7 Å². The first-order valence-corrected chi connectivity index (χ1v) is 15.5. The maximum atomic E-state index is 13.6. The molecule has 3 amide bonds. The lowest BCUT2D eigenvalue weighted by molar-refractivity contribution is -0.116. The molecule has 0 fully saturated rings. The Labute approximate surface area is 276 Å². The van der Waals surface area contributed by atoms with E-state index in [-0.39, 0.29) is 16.6 Å². The van der Waals surface area contributed by atoms with Crippen molar-refractivity contribution in [2.24, 2.45) is 0 Å². The lowest BCUT2D eigenvalue weighted by atomic mass is 10.1. The van der Waals surface area contributed by atoms with E-state index in [1.54, 1.807) is 84.9 Å². The molecule has 0 aliphatic heterocycles. The standard InChI is InChI=1S/C34H31Cl2N3O5S/c1-4-30(34(42)38-27-15-9-14-26(35)31(27)36)45-25-13-8-12-23(20-25)37-33(41)28(39-32(40)21-10-6-5-7-11-21)19-22-18-24(43-2)16-17-29(22)44-3/h5-20,30H,4H2,1-3H3,(H,37,41)(H,38,42)(H,39,40)/b28-19+. The first-order chi connectivity index (χ1) is 21.7. The van der Waals surface area contributed by atoms with Gasteiger partial charge in [0.15, 0.2) is 0 Å². The molecule has 0 aromatic heterocycles. The molecule has 11 heteroatoms. The minimum Gasteiger partial charge on any atom is -0.497 e. The second-order valence-electron chi connectivity index (χ2n) is 9.57. The van der Waals surface area contributed by atoms with Crippen LogP contribution in [0.5, 0.6) is 11.5 Å². The number of rotatable bonds is 12. The van der Waals surface area contributed by atoms with Crippen LogP contribution in [0.15, 0.2) is 102 Å². The summed E-state index contributed by atoms with van der Waals surface area (Å²) in [7, 11) is 3.04. The fourth-order valence-corrected chi connectivity index (χ4v) is 5.56. The topological polar surface area (TPSA) is 106 Å². The highest BCUT2D eigenvalue weighted by molar-refractivity contribution is 8.00. The van der Waals surface area contributed by atoms with Crippen LogP contribution in [0.1, 0.15) is 29.3 Å². The summed E-state index contributed by atoms with van der Waals surface area (Å²) >= 11 is 13.7. The average Bonchev–Trinajstić information content (AvgIpc) is 3.05. The van der Waals surface area contributed by atoms with E-state index in [2.05, 4.69) is 16.0 Å². The van der Waals surface area contributed by atoms with Gasteiger partial charge in [-0.2, -0.15) is 0 Å². The third kappa shape index (κ3) is 9.04. The normalized spacial score (nSPS) is 11.7. The summed E-state index contributed by atoms with van der Waals surface area (Å²) in [5.41, 5.74) is 1.79. The number of hydrogen-bond acceptors (Lipinski definition) is 6. The molecule has 1 unspecified atom stereocenters. The number of benzene rings is 4. The monoisotopic (exact) mass is 663 g/mol. The maximum absolute atomic E-state index is 13.6. The number of anilines is 2. The van der Waals surface area contributed by atoms with Gasteiger partial charge in [0.1, 0.15) is 17.2 Å². The zero-order valence-electron chi connectivity index (χ0n) is 24.7. The van der Waals surface area contributed by atoms with E-state index >= 15 is 0 Å². The minimum absolute atomic E-state index is 0.0160. The Bertz CT molecular complexity index is 1720. The van der Waals surface area contributed by atoms with Gasteiger partial charge in [-0.3, -0.25) is 14.4 Å². The Morgan fingerprint density at radius 1 is 0.867 bits per heavy atom. The van der Waals surface area contributed by atoms with E-state index < -0.39 is 17.1 Å². The van der Waals surface area contributed by atoms with Crippen LogP contribution in [0.25, 0.3) is 6.08 Å². The molecule has 3 N–H and O–H groups in total. The van der Waals surface area contributed by atoms with Crippen LogP contribution in [0.3, 0.4) is 0 Å². The number of nitrogens with one attached hydrogen (secondary N) is 3. The molecule has 0 radical (unpaired) electrons. The largest absolute Gasteiger partial charge is 0.497 e. The van der Waals surface area contributed by atoms with Gasteiger partial charge in [-0.15, -0.1) is 11.8 Å². The average molecular weight is 665 g/mol. The molecule has 1 atom stereocenters. The van der Waals surface area contributed by atoms with Crippen LogP contribution in [0.4, 0.5) is 11.4 Å². The summed E-state index contributed by atoms with van der Waals surface area (Å²) in [6, 6.07) is 25.8. The summed E-state index contributed by atoms with van der Waals surface area (Å²) in [5, 5.41) is 8.59. The van der Waals surface area contributed by atoms with Crippen LogP contribution in [-0.2, 0) is 9.59 Å². The number of carbonyl (C=O) groups is 3. The second-order valence-corrected chi connectivity index (χ2v) is 11.6. The highest BCUT2D eigenvalue weighted by Gasteiger charge is 2.21. The van der Waals surface area contributed by atoms with Crippen molar-refractivity contribution >= 4 is 70.1 Å². The quantitative estimate of drug-likeness (QED) is 0.105. The molecule has 45 heavy (non-hydrogen) atoms. The van der Waals surface area contributed by atoms with Gasteiger partial charge in [0.25, 0.3) is 11.8 Å². The molecule has 0 aliphatic rings. The van der Waals surface area contributed by atoms with Crippen LogP contribution in [0, 0.1) is 0 Å². The van der Waals surface area contributed by atoms with Crippen molar-refractivity contribution in [2.75, 3.05) is 24.9 Å². The molecule has 0 saturated carbocycles. The smallest absolute Gasteiger partial charge is 0.272 e. The molecule has 232 valence electrons. The zero-order valence-corrected chi connectivity index (χ0v) is 27.1. The number of amides is 3. The molecule has 4 aromatic carbocycles. The molecule has 0 spiro atoms. The predicted molar refractivity (Wildman–Crippen MR) is 182 cm³/mol. The highest BCUT2D eigenvalue weighted by Crippen LogP contribution is 2.33. The first kappa shape index (κ1) is 33.5. The minimum atomic E-state index is -0.563. The van der Waals surface area contributed by atoms with Gasteiger partial charge >= 0.3 is 0 Å². The highest BCUT2D eigenvalue weighted by atomic mass is 35.5. The number of carbonyl (C=O) groups excluding carboxylic acids is 3. The number of halogens is 2. The van der Waals surface area contributed by atoms with Gasteiger partial charge in [0.05, 0.1) is 35.2 Å². The van der Waals surface area contributed by atoms with E-state index in [9.17, 15) is 14.4 Å². The third-order valence-corrected chi connectivity index (χ3v) is 8.69. The van der Waals surface area contributed by atoms with Gasteiger partial charge in [0.2, 0.25) is 5.91 Å². The predicted octanol–water partition coefficient (Wildman–Crippen LogP) is 7.93. The van der Waals surface area contributed by atoms with Crippen molar-refractivity contribution in [3.05, 3.63) is 118 Å². The van der Waals surface area contributed by atoms with Crippen LogP contribution in [0.2, 0.25) is 10.0 Å².